The van der Waals surface area contributed by atoms with Crippen molar-refractivity contribution in [2.24, 2.45) is 5.92 Å². The fourth-order valence-electron chi connectivity index (χ4n) is 1.09. The topological polar surface area (TPSA) is 23.8 Å². The van der Waals surface area contributed by atoms with Gasteiger partial charge in [-0.1, -0.05) is 19.1 Å². The third-order valence-electron chi connectivity index (χ3n) is 1.81. The SMILES string of the molecule is CC1=C(C#N)CC(C)C=C1. The maximum absolute atomic E-state index is 8.64. The van der Waals surface area contributed by atoms with E-state index < -0.39 is 0 Å². The van der Waals surface area contributed by atoms with E-state index in [1.165, 1.54) is 0 Å². The minimum Gasteiger partial charge on any atom is -0.193 e. The second-order valence-corrected chi connectivity index (χ2v) is 2.81. The molecule has 0 aromatic rings. The molecule has 0 aromatic heterocycles. The lowest BCUT2D eigenvalue weighted by Crippen LogP contribution is -1.98. The van der Waals surface area contributed by atoms with Crippen LogP contribution in [0.4, 0.5) is 0 Å². The van der Waals surface area contributed by atoms with Crippen molar-refractivity contribution in [3.05, 3.63) is 23.3 Å². The zero-order valence-corrected chi connectivity index (χ0v) is 6.39. The molecule has 1 aliphatic rings. The van der Waals surface area contributed by atoms with Gasteiger partial charge in [-0.25, -0.2) is 0 Å². The van der Waals surface area contributed by atoms with Crippen LogP contribution in [0.5, 0.6) is 0 Å². The predicted octanol–water partition coefficient (Wildman–Crippen LogP) is 2.42. The van der Waals surface area contributed by atoms with Gasteiger partial charge in [0.15, 0.2) is 0 Å². The molecule has 1 unspecified atom stereocenters. The molecule has 0 saturated carbocycles. The molecule has 1 atom stereocenters. The Balaban J connectivity index is 2.87. The molecule has 0 amide bonds. The van der Waals surface area contributed by atoms with Crippen LogP contribution >= 0.6 is 0 Å². The van der Waals surface area contributed by atoms with Crippen LogP contribution in [0.2, 0.25) is 0 Å². The van der Waals surface area contributed by atoms with Gasteiger partial charge in [-0.05, 0) is 24.8 Å². The van der Waals surface area contributed by atoms with Crippen molar-refractivity contribution >= 4 is 0 Å². The van der Waals surface area contributed by atoms with Crippen LogP contribution in [0.3, 0.4) is 0 Å². The van der Waals surface area contributed by atoms with E-state index in [1.54, 1.807) is 0 Å². The number of nitrogens with zero attached hydrogens (tertiary/aromatic N) is 1. The standard InChI is InChI=1S/C9H11N/c1-7-3-4-8(2)9(5-7)6-10/h3-4,7H,5H2,1-2H3. The van der Waals surface area contributed by atoms with Crippen LogP contribution in [0.25, 0.3) is 0 Å². The van der Waals surface area contributed by atoms with Crippen LogP contribution in [-0.4, -0.2) is 0 Å². The molecule has 0 radical (unpaired) electrons. The number of nitriles is 1. The molecule has 0 aliphatic heterocycles. The molecule has 1 rings (SSSR count). The van der Waals surface area contributed by atoms with E-state index in [2.05, 4.69) is 19.1 Å². The summed E-state index contributed by atoms with van der Waals surface area (Å²) in [4.78, 5) is 0. The van der Waals surface area contributed by atoms with E-state index >= 15 is 0 Å². The first-order chi connectivity index (χ1) is 4.74. The summed E-state index contributed by atoms with van der Waals surface area (Å²) in [5.74, 6) is 0.540. The van der Waals surface area contributed by atoms with Gasteiger partial charge in [0.1, 0.15) is 0 Å². The van der Waals surface area contributed by atoms with Gasteiger partial charge < -0.3 is 0 Å². The Morgan fingerprint density at radius 3 is 2.90 bits per heavy atom. The molecule has 0 heterocycles. The van der Waals surface area contributed by atoms with E-state index in [0.717, 1.165) is 17.6 Å². The Hall–Kier alpha value is -1.03. The van der Waals surface area contributed by atoms with Gasteiger partial charge in [0.05, 0.1) is 6.07 Å². The lowest BCUT2D eigenvalue weighted by atomic mass is 9.92. The van der Waals surface area contributed by atoms with E-state index in [-0.39, 0.29) is 0 Å². The van der Waals surface area contributed by atoms with Crippen LogP contribution in [0.15, 0.2) is 23.3 Å². The molecule has 1 heteroatoms. The molecule has 0 N–H and O–H groups in total. The quantitative estimate of drug-likeness (QED) is 0.498. The van der Waals surface area contributed by atoms with Gasteiger partial charge in [-0.2, -0.15) is 5.26 Å². The van der Waals surface area contributed by atoms with Gasteiger partial charge >= 0.3 is 0 Å². The van der Waals surface area contributed by atoms with E-state index in [9.17, 15) is 0 Å². The molecule has 0 aromatic carbocycles. The lowest BCUT2D eigenvalue weighted by molar-refractivity contribution is 0.713. The number of hydrogen-bond acceptors (Lipinski definition) is 1. The Bertz CT molecular complexity index is 228. The first-order valence-corrected chi connectivity index (χ1v) is 3.52. The molecule has 0 spiro atoms. The highest BCUT2D eigenvalue weighted by Crippen LogP contribution is 2.21. The van der Waals surface area contributed by atoms with Crippen molar-refractivity contribution in [2.75, 3.05) is 0 Å². The number of hydrogen-bond donors (Lipinski definition) is 0. The molecule has 1 nitrogen and oxygen atoms in total. The molecule has 10 heavy (non-hydrogen) atoms. The van der Waals surface area contributed by atoms with E-state index in [0.29, 0.717) is 5.92 Å². The Morgan fingerprint density at radius 2 is 2.40 bits per heavy atom. The van der Waals surface area contributed by atoms with E-state index in [1.807, 2.05) is 13.0 Å². The maximum Gasteiger partial charge on any atom is 0.0950 e. The van der Waals surface area contributed by atoms with Crippen molar-refractivity contribution in [2.45, 2.75) is 20.3 Å². The fraction of sp³-hybridized carbons (Fsp3) is 0.444. The highest BCUT2D eigenvalue weighted by molar-refractivity contribution is 5.37. The smallest absolute Gasteiger partial charge is 0.0950 e. The fourth-order valence-corrected chi connectivity index (χ4v) is 1.09. The zero-order chi connectivity index (χ0) is 7.56. The van der Waals surface area contributed by atoms with Crippen molar-refractivity contribution < 1.29 is 0 Å². The summed E-state index contributed by atoms with van der Waals surface area (Å²) < 4.78 is 0. The van der Waals surface area contributed by atoms with Crippen molar-refractivity contribution in [1.29, 1.82) is 5.26 Å². The second kappa shape index (κ2) is 2.70. The average molecular weight is 133 g/mol. The van der Waals surface area contributed by atoms with Crippen LogP contribution in [-0.2, 0) is 0 Å². The molecule has 1 aliphatic carbocycles. The summed E-state index contributed by atoms with van der Waals surface area (Å²) in [5.41, 5.74) is 2.07. The van der Waals surface area contributed by atoms with Crippen LogP contribution < -0.4 is 0 Å². The lowest BCUT2D eigenvalue weighted by Gasteiger charge is -2.11. The average Bonchev–Trinajstić information content (AvgIpc) is 1.94. The highest BCUT2D eigenvalue weighted by Gasteiger charge is 2.08. The molecular weight excluding hydrogens is 122 g/mol. The first-order valence-electron chi connectivity index (χ1n) is 3.52. The van der Waals surface area contributed by atoms with Gasteiger partial charge in [-0.3, -0.25) is 0 Å². The summed E-state index contributed by atoms with van der Waals surface area (Å²) in [6.45, 7) is 4.11. The van der Waals surface area contributed by atoms with Gasteiger partial charge in [0.2, 0.25) is 0 Å². The van der Waals surface area contributed by atoms with Crippen molar-refractivity contribution in [3.63, 3.8) is 0 Å². The second-order valence-electron chi connectivity index (χ2n) is 2.81. The maximum atomic E-state index is 8.64. The third-order valence-corrected chi connectivity index (χ3v) is 1.81. The minimum atomic E-state index is 0.540. The third kappa shape index (κ3) is 1.27. The van der Waals surface area contributed by atoms with Gasteiger partial charge in [0, 0.05) is 5.57 Å². The normalized spacial score (nSPS) is 24.7. The van der Waals surface area contributed by atoms with Crippen LogP contribution in [0, 0.1) is 17.2 Å². The Kier molecular flexibility index (Phi) is 1.91. The Morgan fingerprint density at radius 1 is 1.70 bits per heavy atom. The van der Waals surface area contributed by atoms with Crippen LogP contribution in [0.1, 0.15) is 20.3 Å². The summed E-state index contributed by atoms with van der Waals surface area (Å²) in [6, 6.07) is 2.21. The van der Waals surface area contributed by atoms with Gasteiger partial charge in [0.25, 0.3) is 0 Å². The number of allylic oxidation sites excluding steroid dienone is 4. The first kappa shape index (κ1) is 7.08. The summed E-state index contributed by atoms with van der Waals surface area (Å²) in [6.07, 6.45) is 5.10. The molecule has 0 fully saturated rings. The minimum absolute atomic E-state index is 0.540. The van der Waals surface area contributed by atoms with Crippen molar-refractivity contribution in [1.82, 2.24) is 0 Å². The van der Waals surface area contributed by atoms with Crippen molar-refractivity contribution in [3.8, 4) is 6.07 Å². The number of rotatable bonds is 0. The highest BCUT2D eigenvalue weighted by atomic mass is 14.3. The molecular formula is C9H11N. The summed E-state index contributed by atoms with van der Waals surface area (Å²) >= 11 is 0. The predicted molar refractivity (Wildman–Crippen MR) is 41.2 cm³/mol. The molecule has 52 valence electrons. The Labute approximate surface area is 61.7 Å². The van der Waals surface area contributed by atoms with Gasteiger partial charge in [-0.15, -0.1) is 0 Å². The van der Waals surface area contributed by atoms with E-state index in [4.69, 9.17) is 5.26 Å². The largest absolute Gasteiger partial charge is 0.193 e. The summed E-state index contributed by atoms with van der Waals surface area (Å²) in [7, 11) is 0. The zero-order valence-electron chi connectivity index (χ0n) is 6.39. The molecule has 0 bridgehead atoms. The molecule has 0 saturated heterocycles. The summed E-state index contributed by atoms with van der Waals surface area (Å²) in [5, 5.41) is 8.64. The monoisotopic (exact) mass is 133 g/mol.